The zero-order valence-electron chi connectivity index (χ0n) is 17.0. The third kappa shape index (κ3) is 3.56. The summed E-state index contributed by atoms with van der Waals surface area (Å²) < 4.78 is 5.22. The van der Waals surface area contributed by atoms with Gasteiger partial charge in [0.2, 0.25) is 11.8 Å². The Morgan fingerprint density at radius 2 is 1.43 bits per heavy atom. The second kappa shape index (κ2) is 7.64. The second-order valence-corrected chi connectivity index (χ2v) is 8.53. The number of nitrogens with zero attached hydrogens (tertiary/aromatic N) is 3. The molecular weight excluding hydrogens is 354 g/mol. The lowest BCUT2D eigenvalue weighted by atomic mass is 9.96. The zero-order chi connectivity index (χ0) is 19.7. The molecule has 1 aromatic carbocycles. The lowest BCUT2D eigenvalue weighted by Crippen LogP contribution is -2.54. The Hall–Kier alpha value is -2.24. The van der Waals surface area contributed by atoms with Gasteiger partial charge in [-0.3, -0.25) is 9.59 Å². The van der Waals surface area contributed by atoms with Gasteiger partial charge in [-0.05, 0) is 55.9 Å². The number of carbonyl (C=O) groups is 2. The lowest BCUT2D eigenvalue weighted by Gasteiger charge is -2.39. The van der Waals surface area contributed by atoms with Crippen LogP contribution >= 0.6 is 0 Å². The molecule has 0 spiro atoms. The Labute approximate surface area is 167 Å². The van der Waals surface area contributed by atoms with Crippen LogP contribution in [0.15, 0.2) is 24.3 Å². The molecule has 1 aliphatic carbocycles. The first-order valence-electron chi connectivity index (χ1n) is 10.5. The van der Waals surface area contributed by atoms with Crippen LogP contribution in [0.3, 0.4) is 0 Å². The molecule has 2 amide bonds. The molecule has 0 unspecified atom stereocenters. The van der Waals surface area contributed by atoms with Crippen molar-refractivity contribution in [3.63, 3.8) is 0 Å². The van der Waals surface area contributed by atoms with E-state index in [2.05, 4.69) is 24.0 Å². The van der Waals surface area contributed by atoms with Gasteiger partial charge in [-0.15, -0.1) is 0 Å². The SMILES string of the molecule is COc1ccc(N2CCN(C(=O)C3(C(=O)N4CCC(C)CC4)CC3)CC2)cc1. The number of piperazine rings is 1. The van der Waals surface area contributed by atoms with Gasteiger partial charge in [-0.2, -0.15) is 0 Å². The Morgan fingerprint density at radius 1 is 0.893 bits per heavy atom. The molecular formula is C22H31N3O3. The number of hydrogen-bond donors (Lipinski definition) is 0. The van der Waals surface area contributed by atoms with Crippen LogP contribution in [0, 0.1) is 11.3 Å². The monoisotopic (exact) mass is 385 g/mol. The molecule has 2 heterocycles. The van der Waals surface area contributed by atoms with E-state index in [1.54, 1.807) is 7.11 Å². The van der Waals surface area contributed by atoms with E-state index in [9.17, 15) is 9.59 Å². The van der Waals surface area contributed by atoms with Crippen molar-refractivity contribution in [3.8, 4) is 5.75 Å². The molecule has 1 saturated carbocycles. The molecule has 152 valence electrons. The molecule has 28 heavy (non-hydrogen) atoms. The number of methoxy groups -OCH3 is 1. The number of likely N-dealkylation sites (tertiary alicyclic amines) is 1. The van der Waals surface area contributed by atoms with Crippen LogP contribution in [0.5, 0.6) is 5.75 Å². The maximum atomic E-state index is 13.2. The smallest absolute Gasteiger partial charge is 0.238 e. The molecule has 0 aromatic heterocycles. The van der Waals surface area contributed by atoms with E-state index in [0.29, 0.717) is 19.0 Å². The fourth-order valence-electron chi connectivity index (χ4n) is 4.42. The summed E-state index contributed by atoms with van der Waals surface area (Å²) in [5.74, 6) is 1.67. The molecule has 2 aliphatic heterocycles. The van der Waals surface area contributed by atoms with E-state index in [1.807, 2.05) is 21.9 Å². The van der Waals surface area contributed by atoms with E-state index in [0.717, 1.165) is 63.3 Å². The van der Waals surface area contributed by atoms with Crippen molar-refractivity contribution in [1.82, 2.24) is 9.80 Å². The molecule has 3 aliphatic rings. The highest BCUT2D eigenvalue weighted by atomic mass is 16.5. The van der Waals surface area contributed by atoms with Crippen molar-refractivity contribution in [2.45, 2.75) is 32.6 Å². The first kappa shape index (κ1) is 19.1. The van der Waals surface area contributed by atoms with Crippen LogP contribution in [-0.2, 0) is 9.59 Å². The van der Waals surface area contributed by atoms with Crippen molar-refractivity contribution in [3.05, 3.63) is 24.3 Å². The number of amides is 2. The van der Waals surface area contributed by atoms with Crippen molar-refractivity contribution < 1.29 is 14.3 Å². The van der Waals surface area contributed by atoms with Crippen molar-refractivity contribution >= 4 is 17.5 Å². The highest BCUT2D eigenvalue weighted by Crippen LogP contribution is 2.49. The number of anilines is 1. The molecule has 4 rings (SSSR count). The first-order chi connectivity index (χ1) is 13.5. The third-order valence-electron chi connectivity index (χ3n) is 6.64. The highest BCUT2D eigenvalue weighted by Gasteiger charge is 2.59. The fraction of sp³-hybridized carbons (Fsp3) is 0.636. The fourth-order valence-corrected chi connectivity index (χ4v) is 4.42. The van der Waals surface area contributed by atoms with Crippen LogP contribution in [0.4, 0.5) is 5.69 Å². The molecule has 6 nitrogen and oxygen atoms in total. The minimum atomic E-state index is -0.747. The Balaban J connectivity index is 1.35. The maximum Gasteiger partial charge on any atom is 0.238 e. The Bertz CT molecular complexity index is 713. The predicted octanol–water partition coefficient (Wildman–Crippen LogP) is 2.38. The predicted molar refractivity (Wildman–Crippen MR) is 108 cm³/mol. The van der Waals surface area contributed by atoms with Gasteiger partial charge in [0.15, 0.2) is 0 Å². The van der Waals surface area contributed by atoms with E-state index >= 15 is 0 Å². The minimum Gasteiger partial charge on any atom is -0.497 e. The van der Waals surface area contributed by atoms with Gasteiger partial charge >= 0.3 is 0 Å². The quantitative estimate of drug-likeness (QED) is 0.747. The number of piperidine rings is 1. The van der Waals surface area contributed by atoms with Crippen molar-refractivity contribution in [1.29, 1.82) is 0 Å². The third-order valence-corrected chi connectivity index (χ3v) is 6.64. The summed E-state index contributed by atoms with van der Waals surface area (Å²) in [6.45, 7) is 6.80. The van der Waals surface area contributed by atoms with Crippen LogP contribution in [0.1, 0.15) is 32.6 Å². The standard InChI is InChI=1S/C22H31N3O3/c1-17-7-11-24(12-8-17)20(26)22(9-10-22)21(27)25-15-13-23(14-16-25)18-3-5-19(28-2)6-4-18/h3-6,17H,7-16H2,1-2H3. The van der Waals surface area contributed by atoms with E-state index in [4.69, 9.17) is 4.74 Å². The maximum absolute atomic E-state index is 13.2. The number of hydrogen-bond acceptors (Lipinski definition) is 4. The van der Waals surface area contributed by atoms with Crippen LogP contribution in [0.25, 0.3) is 0 Å². The van der Waals surface area contributed by atoms with E-state index in [-0.39, 0.29) is 11.8 Å². The van der Waals surface area contributed by atoms with Gasteiger partial charge < -0.3 is 19.4 Å². The summed E-state index contributed by atoms with van der Waals surface area (Å²) in [7, 11) is 1.67. The summed E-state index contributed by atoms with van der Waals surface area (Å²) in [6.07, 6.45) is 3.54. The first-order valence-corrected chi connectivity index (χ1v) is 10.5. The average molecular weight is 386 g/mol. The average Bonchev–Trinajstić information content (AvgIpc) is 3.55. The topological polar surface area (TPSA) is 53.1 Å². The summed E-state index contributed by atoms with van der Waals surface area (Å²) >= 11 is 0. The Kier molecular flexibility index (Phi) is 5.21. The minimum absolute atomic E-state index is 0.0607. The molecule has 3 fully saturated rings. The molecule has 6 heteroatoms. The van der Waals surface area contributed by atoms with Crippen molar-refractivity contribution in [2.24, 2.45) is 11.3 Å². The number of benzene rings is 1. The van der Waals surface area contributed by atoms with Gasteiger partial charge in [-0.1, -0.05) is 6.92 Å². The normalized spacial score (nSPS) is 22.1. The molecule has 0 radical (unpaired) electrons. The largest absolute Gasteiger partial charge is 0.497 e. The Morgan fingerprint density at radius 3 is 1.93 bits per heavy atom. The highest BCUT2D eigenvalue weighted by molar-refractivity contribution is 6.08. The van der Waals surface area contributed by atoms with Gasteiger partial charge in [-0.25, -0.2) is 0 Å². The van der Waals surface area contributed by atoms with Gasteiger partial charge in [0.25, 0.3) is 0 Å². The van der Waals surface area contributed by atoms with Crippen molar-refractivity contribution in [2.75, 3.05) is 51.3 Å². The number of carbonyl (C=O) groups excluding carboxylic acids is 2. The number of rotatable bonds is 4. The van der Waals surface area contributed by atoms with E-state index in [1.165, 1.54) is 0 Å². The second-order valence-electron chi connectivity index (χ2n) is 8.53. The zero-order valence-corrected chi connectivity index (χ0v) is 17.0. The van der Waals surface area contributed by atoms with Gasteiger partial charge in [0.05, 0.1) is 7.11 Å². The molecule has 0 bridgehead atoms. The van der Waals surface area contributed by atoms with Gasteiger partial charge in [0.1, 0.15) is 11.2 Å². The van der Waals surface area contributed by atoms with Crippen LogP contribution in [0.2, 0.25) is 0 Å². The number of ether oxygens (including phenoxy) is 1. The summed E-state index contributed by atoms with van der Waals surface area (Å²) in [6, 6.07) is 8.04. The summed E-state index contributed by atoms with van der Waals surface area (Å²) in [5.41, 5.74) is 0.399. The summed E-state index contributed by atoms with van der Waals surface area (Å²) in [5, 5.41) is 0. The molecule has 2 saturated heterocycles. The van der Waals surface area contributed by atoms with E-state index < -0.39 is 5.41 Å². The van der Waals surface area contributed by atoms with Crippen LogP contribution in [-0.4, -0.2) is 68.0 Å². The van der Waals surface area contributed by atoms with Crippen LogP contribution < -0.4 is 9.64 Å². The lowest BCUT2D eigenvalue weighted by molar-refractivity contribution is -0.150. The van der Waals surface area contributed by atoms with Gasteiger partial charge in [0, 0.05) is 45.0 Å². The molecule has 0 N–H and O–H groups in total. The summed E-state index contributed by atoms with van der Waals surface area (Å²) in [4.78, 5) is 32.4. The molecule has 0 atom stereocenters. The molecule has 1 aromatic rings.